The number of carbonyl (C=O) groups is 1. The SMILES string of the molecule is CCN(Cc1ccc(OC)cc1)C(=O)C1NCCCC1C. The molecule has 0 aliphatic carbocycles. The molecule has 2 rings (SSSR count). The Balaban J connectivity index is 2.02. The van der Waals surface area contributed by atoms with Crippen molar-refractivity contribution >= 4 is 5.91 Å². The highest BCUT2D eigenvalue weighted by molar-refractivity contribution is 5.82. The van der Waals surface area contributed by atoms with Crippen LogP contribution in [-0.2, 0) is 11.3 Å². The maximum Gasteiger partial charge on any atom is 0.240 e. The van der Waals surface area contributed by atoms with Gasteiger partial charge in [-0.1, -0.05) is 19.1 Å². The molecule has 1 fully saturated rings. The van der Waals surface area contributed by atoms with Gasteiger partial charge in [0.05, 0.1) is 13.2 Å². The Bertz CT molecular complexity index is 458. The third-order valence-corrected chi connectivity index (χ3v) is 4.26. The van der Waals surface area contributed by atoms with Gasteiger partial charge < -0.3 is 15.0 Å². The van der Waals surface area contributed by atoms with Crippen LogP contribution in [0, 0.1) is 5.92 Å². The van der Waals surface area contributed by atoms with E-state index in [0.717, 1.165) is 37.2 Å². The molecule has 0 bridgehead atoms. The van der Waals surface area contributed by atoms with Gasteiger partial charge in [-0.15, -0.1) is 0 Å². The maximum absolute atomic E-state index is 12.7. The van der Waals surface area contributed by atoms with Gasteiger partial charge in [-0.3, -0.25) is 4.79 Å². The predicted octanol–water partition coefficient (Wildman–Crippen LogP) is 2.43. The summed E-state index contributed by atoms with van der Waals surface area (Å²) in [6.45, 7) is 6.53. The number of nitrogens with zero attached hydrogens (tertiary/aromatic N) is 1. The molecule has 1 aliphatic rings. The molecule has 1 aromatic rings. The molecule has 2 atom stereocenters. The van der Waals surface area contributed by atoms with E-state index in [1.54, 1.807) is 7.11 Å². The van der Waals surface area contributed by atoms with Crippen LogP contribution < -0.4 is 10.1 Å². The molecular weight excluding hydrogens is 264 g/mol. The second kappa shape index (κ2) is 7.46. The van der Waals surface area contributed by atoms with Gasteiger partial charge in [-0.25, -0.2) is 0 Å². The molecule has 4 heteroatoms. The zero-order valence-corrected chi connectivity index (χ0v) is 13.3. The summed E-state index contributed by atoms with van der Waals surface area (Å²) in [5, 5.41) is 3.38. The lowest BCUT2D eigenvalue weighted by Gasteiger charge is -2.33. The summed E-state index contributed by atoms with van der Waals surface area (Å²) in [4.78, 5) is 14.6. The van der Waals surface area contributed by atoms with Crippen LogP contribution in [0.5, 0.6) is 5.75 Å². The Hall–Kier alpha value is -1.55. The number of rotatable bonds is 5. The van der Waals surface area contributed by atoms with Gasteiger partial charge in [-0.05, 0) is 49.9 Å². The summed E-state index contributed by atoms with van der Waals surface area (Å²) in [7, 11) is 1.66. The second-order valence-electron chi connectivity index (χ2n) is 5.75. The van der Waals surface area contributed by atoms with Crippen LogP contribution in [0.2, 0.25) is 0 Å². The largest absolute Gasteiger partial charge is 0.497 e. The number of carbonyl (C=O) groups excluding carboxylic acids is 1. The lowest BCUT2D eigenvalue weighted by atomic mass is 9.91. The van der Waals surface area contributed by atoms with Crippen LogP contribution in [0.4, 0.5) is 0 Å². The smallest absolute Gasteiger partial charge is 0.240 e. The first kappa shape index (κ1) is 15.8. The van der Waals surface area contributed by atoms with Crippen molar-refractivity contribution in [3.05, 3.63) is 29.8 Å². The molecule has 116 valence electrons. The van der Waals surface area contributed by atoms with Gasteiger partial charge in [0.25, 0.3) is 0 Å². The van der Waals surface area contributed by atoms with Gasteiger partial charge >= 0.3 is 0 Å². The van der Waals surface area contributed by atoms with E-state index >= 15 is 0 Å². The predicted molar refractivity (Wildman–Crippen MR) is 84.3 cm³/mol. The molecule has 1 saturated heterocycles. The molecule has 0 saturated carbocycles. The van der Waals surface area contributed by atoms with Crippen molar-refractivity contribution in [2.45, 2.75) is 39.3 Å². The van der Waals surface area contributed by atoms with E-state index in [0.29, 0.717) is 12.5 Å². The van der Waals surface area contributed by atoms with Crippen molar-refractivity contribution in [1.29, 1.82) is 0 Å². The van der Waals surface area contributed by atoms with E-state index < -0.39 is 0 Å². The fraction of sp³-hybridized carbons (Fsp3) is 0.588. The first-order valence-corrected chi connectivity index (χ1v) is 7.80. The molecule has 21 heavy (non-hydrogen) atoms. The summed E-state index contributed by atoms with van der Waals surface area (Å²) in [5.74, 6) is 1.48. The lowest BCUT2D eigenvalue weighted by Crippen LogP contribution is -2.52. The highest BCUT2D eigenvalue weighted by Gasteiger charge is 2.30. The molecule has 4 nitrogen and oxygen atoms in total. The monoisotopic (exact) mass is 290 g/mol. The summed E-state index contributed by atoms with van der Waals surface area (Å²) in [6, 6.07) is 7.89. The fourth-order valence-electron chi connectivity index (χ4n) is 2.87. The molecule has 0 radical (unpaired) electrons. The Morgan fingerprint density at radius 2 is 2.10 bits per heavy atom. The Morgan fingerprint density at radius 1 is 1.38 bits per heavy atom. The van der Waals surface area contributed by atoms with Crippen molar-refractivity contribution < 1.29 is 9.53 Å². The Kier molecular flexibility index (Phi) is 5.62. The van der Waals surface area contributed by atoms with Crippen LogP contribution in [0.15, 0.2) is 24.3 Å². The Labute approximate surface area is 127 Å². The van der Waals surface area contributed by atoms with Gasteiger partial charge in [0.2, 0.25) is 5.91 Å². The molecule has 1 heterocycles. The normalized spacial score (nSPS) is 21.9. The van der Waals surface area contributed by atoms with Crippen molar-refractivity contribution in [1.82, 2.24) is 10.2 Å². The van der Waals surface area contributed by atoms with E-state index in [-0.39, 0.29) is 11.9 Å². The maximum atomic E-state index is 12.7. The highest BCUT2D eigenvalue weighted by Crippen LogP contribution is 2.19. The molecule has 2 unspecified atom stereocenters. The van der Waals surface area contributed by atoms with Crippen molar-refractivity contribution in [2.24, 2.45) is 5.92 Å². The van der Waals surface area contributed by atoms with Gasteiger partial charge in [0.1, 0.15) is 5.75 Å². The van der Waals surface area contributed by atoms with Crippen LogP contribution in [0.1, 0.15) is 32.3 Å². The summed E-state index contributed by atoms with van der Waals surface area (Å²) >= 11 is 0. The lowest BCUT2D eigenvalue weighted by molar-refractivity contribution is -0.135. The van der Waals surface area contributed by atoms with Crippen molar-refractivity contribution in [3.63, 3.8) is 0 Å². The minimum absolute atomic E-state index is 0.0306. The molecule has 1 aliphatic heterocycles. The number of hydrogen-bond acceptors (Lipinski definition) is 3. The van der Waals surface area contributed by atoms with Gasteiger partial charge in [0, 0.05) is 13.1 Å². The number of ether oxygens (including phenoxy) is 1. The standard InChI is InChI=1S/C17H26N2O2/c1-4-19(12-14-7-9-15(21-3)10-8-14)17(20)16-13(2)6-5-11-18-16/h7-10,13,16,18H,4-6,11-12H2,1-3H3. The van der Waals surface area contributed by atoms with Crippen molar-refractivity contribution in [3.8, 4) is 5.75 Å². The van der Waals surface area contributed by atoms with Gasteiger partial charge in [0.15, 0.2) is 0 Å². The topological polar surface area (TPSA) is 41.6 Å². The number of benzene rings is 1. The van der Waals surface area contributed by atoms with Crippen LogP contribution >= 0.6 is 0 Å². The molecule has 1 N–H and O–H groups in total. The van der Waals surface area contributed by atoms with Gasteiger partial charge in [-0.2, -0.15) is 0 Å². The second-order valence-corrected chi connectivity index (χ2v) is 5.75. The first-order chi connectivity index (χ1) is 10.2. The molecule has 1 amide bonds. The third-order valence-electron chi connectivity index (χ3n) is 4.26. The summed E-state index contributed by atoms with van der Waals surface area (Å²) in [6.07, 6.45) is 2.29. The summed E-state index contributed by atoms with van der Waals surface area (Å²) < 4.78 is 5.17. The number of methoxy groups -OCH3 is 1. The number of amides is 1. The Morgan fingerprint density at radius 3 is 2.67 bits per heavy atom. The van der Waals surface area contributed by atoms with E-state index in [1.165, 1.54) is 0 Å². The number of piperidine rings is 1. The average Bonchev–Trinajstić information content (AvgIpc) is 2.53. The van der Waals surface area contributed by atoms with Crippen LogP contribution in [0.25, 0.3) is 0 Å². The number of likely N-dealkylation sites (N-methyl/N-ethyl adjacent to an activating group) is 1. The highest BCUT2D eigenvalue weighted by atomic mass is 16.5. The number of nitrogens with one attached hydrogen (secondary N) is 1. The molecule has 0 aromatic heterocycles. The van der Waals surface area contributed by atoms with E-state index in [4.69, 9.17) is 4.74 Å². The fourth-order valence-corrected chi connectivity index (χ4v) is 2.87. The molecule has 0 spiro atoms. The van der Waals surface area contributed by atoms with Crippen molar-refractivity contribution in [2.75, 3.05) is 20.2 Å². The summed E-state index contributed by atoms with van der Waals surface area (Å²) in [5.41, 5.74) is 1.13. The third kappa shape index (κ3) is 3.97. The minimum atomic E-state index is -0.0306. The number of hydrogen-bond donors (Lipinski definition) is 1. The average molecular weight is 290 g/mol. The quantitative estimate of drug-likeness (QED) is 0.905. The molecule has 1 aromatic carbocycles. The van der Waals surface area contributed by atoms with Crippen LogP contribution in [-0.4, -0.2) is 37.0 Å². The first-order valence-electron chi connectivity index (χ1n) is 7.80. The zero-order valence-electron chi connectivity index (χ0n) is 13.3. The zero-order chi connectivity index (χ0) is 15.2. The minimum Gasteiger partial charge on any atom is -0.497 e. The van der Waals surface area contributed by atoms with E-state index in [1.807, 2.05) is 36.1 Å². The van der Waals surface area contributed by atoms with E-state index in [9.17, 15) is 4.79 Å². The van der Waals surface area contributed by atoms with Crippen LogP contribution in [0.3, 0.4) is 0 Å². The van der Waals surface area contributed by atoms with E-state index in [2.05, 4.69) is 12.2 Å². The molecular formula is C17H26N2O2.